The lowest BCUT2D eigenvalue weighted by Crippen LogP contribution is -2.23. The van der Waals surface area contributed by atoms with Gasteiger partial charge < -0.3 is 10.5 Å². The maximum Gasteiger partial charge on any atom is 0.165 e. The maximum absolute atomic E-state index is 12.9. The molecule has 1 unspecified atom stereocenters. The molecule has 1 rings (SSSR count). The minimum atomic E-state index is -0.582. The second kappa shape index (κ2) is 4.18. The van der Waals surface area contributed by atoms with Gasteiger partial charge in [0.25, 0.3) is 0 Å². The fourth-order valence-corrected chi connectivity index (χ4v) is 0.832. The molecule has 0 aliphatic heterocycles. The van der Waals surface area contributed by atoms with Crippen LogP contribution in [0.3, 0.4) is 0 Å². The first-order valence-corrected chi connectivity index (χ1v) is 3.95. The van der Waals surface area contributed by atoms with Crippen LogP contribution in [-0.4, -0.2) is 12.6 Å². The van der Waals surface area contributed by atoms with Crippen molar-refractivity contribution in [1.82, 2.24) is 0 Å². The predicted octanol–water partition coefficient (Wildman–Crippen LogP) is 1.69. The van der Waals surface area contributed by atoms with Crippen LogP contribution >= 0.6 is 0 Å². The van der Waals surface area contributed by atoms with Gasteiger partial charge in [-0.1, -0.05) is 0 Å². The van der Waals surface area contributed by atoms with Crippen molar-refractivity contribution in [3.63, 3.8) is 0 Å². The molecule has 2 nitrogen and oxygen atoms in total. The lowest BCUT2D eigenvalue weighted by molar-refractivity contribution is 0.218. The lowest BCUT2D eigenvalue weighted by atomic mass is 10.3. The first kappa shape index (κ1) is 9.92. The van der Waals surface area contributed by atoms with Crippen molar-refractivity contribution in [2.24, 2.45) is 5.73 Å². The summed E-state index contributed by atoms with van der Waals surface area (Å²) in [7, 11) is 0. The highest BCUT2D eigenvalue weighted by Gasteiger charge is 2.07. The second-order valence-corrected chi connectivity index (χ2v) is 2.74. The van der Waals surface area contributed by atoms with Gasteiger partial charge in [-0.3, -0.25) is 0 Å². The number of halogens is 2. The average molecular weight is 187 g/mol. The Kier molecular flexibility index (Phi) is 3.19. The van der Waals surface area contributed by atoms with E-state index in [9.17, 15) is 8.78 Å². The Hall–Kier alpha value is -1.16. The topological polar surface area (TPSA) is 35.2 Å². The standard InChI is InChI=1S/C9H11F2NO/c1-6(5-12)13-9-4-7(10)2-3-8(9)11/h2-4,6H,5,12H2,1H3. The van der Waals surface area contributed by atoms with E-state index in [0.29, 0.717) is 0 Å². The summed E-state index contributed by atoms with van der Waals surface area (Å²) in [5.41, 5.74) is 5.27. The molecule has 0 amide bonds. The monoisotopic (exact) mass is 187 g/mol. The number of ether oxygens (including phenoxy) is 1. The zero-order chi connectivity index (χ0) is 9.84. The van der Waals surface area contributed by atoms with Gasteiger partial charge in [0.05, 0.1) is 0 Å². The molecule has 0 aliphatic carbocycles. The summed E-state index contributed by atoms with van der Waals surface area (Å²) < 4.78 is 30.6. The van der Waals surface area contributed by atoms with Gasteiger partial charge in [0.1, 0.15) is 11.9 Å². The predicted molar refractivity (Wildman–Crippen MR) is 45.5 cm³/mol. The minimum Gasteiger partial charge on any atom is -0.486 e. The van der Waals surface area contributed by atoms with Gasteiger partial charge in [0.15, 0.2) is 11.6 Å². The third kappa shape index (κ3) is 2.66. The molecule has 1 aromatic carbocycles. The summed E-state index contributed by atoms with van der Waals surface area (Å²) in [5.74, 6) is -1.21. The van der Waals surface area contributed by atoms with Crippen LogP contribution in [0.1, 0.15) is 6.92 Å². The second-order valence-electron chi connectivity index (χ2n) is 2.74. The number of rotatable bonds is 3. The Bertz CT molecular complexity index is 291. The fraction of sp³-hybridized carbons (Fsp3) is 0.333. The summed E-state index contributed by atoms with van der Waals surface area (Å²) in [6.45, 7) is 1.94. The van der Waals surface area contributed by atoms with E-state index in [1.54, 1.807) is 6.92 Å². The molecule has 1 atom stereocenters. The van der Waals surface area contributed by atoms with Gasteiger partial charge in [-0.2, -0.15) is 0 Å². The zero-order valence-corrected chi connectivity index (χ0v) is 7.26. The van der Waals surface area contributed by atoms with E-state index in [1.165, 1.54) is 0 Å². The van der Waals surface area contributed by atoms with Gasteiger partial charge in [-0.15, -0.1) is 0 Å². The number of hydrogen-bond donors (Lipinski definition) is 1. The van der Waals surface area contributed by atoms with Crippen LogP contribution in [-0.2, 0) is 0 Å². The molecule has 0 spiro atoms. The van der Waals surface area contributed by atoms with Crippen LogP contribution in [0, 0.1) is 11.6 Å². The molecule has 0 heterocycles. The normalized spacial score (nSPS) is 12.6. The first-order valence-electron chi connectivity index (χ1n) is 3.95. The van der Waals surface area contributed by atoms with Crippen molar-refractivity contribution < 1.29 is 13.5 Å². The van der Waals surface area contributed by atoms with E-state index in [0.717, 1.165) is 18.2 Å². The molecule has 72 valence electrons. The van der Waals surface area contributed by atoms with Crippen molar-refractivity contribution in [2.45, 2.75) is 13.0 Å². The minimum absolute atomic E-state index is 0.0991. The number of nitrogens with two attached hydrogens (primary N) is 1. The van der Waals surface area contributed by atoms with E-state index in [-0.39, 0.29) is 18.4 Å². The van der Waals surface area contributed by atoms with Gasteiger partial charge in [0, 0.05) is 12.6 Å². The van der Waals surface area contributed by atoms with Crippen molar-refractivity contribution in [3.8, 4) is 5.75 Å². The van der Waals surface area contributed by atoms with Crippen LogP contribution in [0.25, 0.3) is 0 Å². The summed E-state index contributed by atoms with van der Waals surface area (Å²) in [5, 5.41) is 0. The third-order valence-electron chi connectivity index (χ3n) is 1.55. The van der Waals surface area contributed by atoms with E-state index < -0.39 is 11.6 Å². The highest BCUT2D eigenvalue weighted by Crippen LogP contribution is 2.18. The molecule has 2 N–H and O–H groups in total. The largest absolute Gasteiger partial charge is 0.486 e. The van der Waals surface area contributed by atoms with Crippen molar-refractivity contribution >= 4 is 0 Å². The van der Waals surface area contributed by atoms with Crippen LogP contribution in [0.5, 0.6) is 5.75 Å². The molecule has 0 saturated heterocycles. The Labute approximate surface area is 75.3 Å². The average Bonchev–Trinajstić information content (AvgIpc) is 2.11. The van der Waals surface area contributed by atoms with Crippen molar-refractivity contribution in [3.05, 3.63) is 29.8 Å². The maximum atomic E-state index is 12.9. The molecule has 13 heavy (non-hydrogen) atoms. The number of benzene rings is 1. The van der Waals surface area contributed by atoms with E-state index in [1.807, 2.05) is 0 Å². The molecule has 0 radical (unpaired) electrons. The smallest absolute Gasteiger partial charge is 0.165 e. The van der Waals surface area contributed by atoms with Crippen molar-refractivity contribution in [2.75, 3.05) is 6.54 Å². The van der Waals surface area contributed by atoms with Crippen LogP contribution < -0.4 is 10.5 Å². The Morgan fingerprint density at radius 3 is 2.77 bits per heavy atom. The van der Waals surface area contributed by atoms with E-state index >= 15 is 0 Å². The van der Waals surface area contributed by atoms with E-state index in [4.69, 9.17) is 10.5 Å². The molecule has 0 fully saturated rings. The molecule has 1 aromatic rings. The Balaban J connectivity index is 2.81. The highest BCUT2D eigenvalue weighted by molar-refractivity contribution is 5.25. The van der Waals surface area contributed by atoms with Gasteiger partial charge in [-0.25, -0.2) is 8.78 Å². The van der Waals surface area contributed by atoms with Crippen molar-refractivity contribution in [1.29, 1.82) is 0 Å². The van der Waals surface area contributed by atoms with Crippen LogP contribution in [0.15, 0.2) is 18.2 Å². The quantitative estimate of drug-likeness (QED) is 0.781. The third-order valence-corrected chi connectivity index (χ3v) is 1.55. The summed E-state index contributed by atoms with van der Waals surface area (Å²) in [6.07, 6.45) is -0.323. The molecule has 0 aromatic heterocycles. The molecule has 4 heteroatoms. The summed E-state index contributed by atoms with van der Waals surface area (Å²) >= 11 is 0. The molecular formula is C9H11F2NO. The Morgan fingerprint density at radius 1 is 1.46 bits per heavy atom. The first-order chi connectivity index (χ1) is 6.13. The Morgan fingerprint density at radius 2 is 2.15 bits per heavy atom. The molecule has 0 bridgehead atoms. The molecule has 0 saturated carbocycles. The number of hydrogen-bond acceptors (Lipinski definition) is 2. The van der Waals surface area contributed by atoms with Gasteiger partial charge >= 0.3 is 0 Å². The van der Waals surface area contributed by atoms with Gasteiger partial charge in [0.2, 0.25) is 0 Å². The zero-order valence-electron chi connectivity index (χ0n) is 7.26. The van der Waals surface area contributed by atoms with E-state index in [2.05, 4.69) is 0 Å². The molecular weight excluding hydrogens is 176 g/mol. The van der Waals surface area contributed by atoms with Gasteiger partial charge in [-0.05, 0) is 19.1 Å². The summed E-state index contributed by atoms with van der Waals surface area (Å²) in [6, 6.07) is 3.06. The van der Waals surface area contributed by atoms with Crippen LogP contribution in [0.2, 0.25) is 0 Å². The summed E-state index contributed by atoms with van der Waals surface area (Å²) in [4.78, 5) is 0. The van der Waals surface area contributed by atoms with Crippen LogP contribution in [0.4, 0.5) is 8.78 Å². The SMILES string of the molecule is CC(CN)Oc1cc(F)ccc1F. The molecule has 0 aliphatic rings. The highest BCUT2D eigenvalue weighted by atomic mass is 19.1. The lowest BCUT2D eigenvalue weighted by Gasteiger charge is -2.12. The fourth-order valence-electron chi connectivity index (χ4n) is 0.832.